The molecule has 8 heteroatoms. The van der Waals surface area contributed by atoms with Crippen molar-refractivity contribution < 1.29 is 9.53 Å². The molecule has 27 heavy (non-hydrogen) atoms. The number of carbonyl (C=O) groups is 1. The third-order valence-electron chi connectivity index (χ3n) is 3.87. The number of benzene rings is 1. The summed E-state index contributed by atoms with van der Waals surface area (Å²) >= 11 is 0. The van der Waals surface area contributed by atoms with E-state index >= 15 is 0 Å². The molecular weight excluding hydrogens is 344 g/mol. The van der Waals surface area contributed by atoms with Crippen molar-refractivity contribution in [2.45, 2.75) is 26.3 Å². The quantitative estimate of drug-likeness (QED) is 0.699. The lowest BCUT2D eigenvalue weighted by molar-refractivity contribution is 0.241. The van der Waals surface area contributed by atoms with Gasteiger partial charge in [-0.25, -0.2) is 14.5 Å². The zero-order chi connectivity index (χ0) is 19.3. The van der Waals surface area contributed by atoms with E-state index in [9.17, 15) is 4.79 Å². The van der Waals surface area contributed by atoms with Crippen molar-refractivity contribution >= 4 is 11.7 Å². The van der Waals surface area contributed by atoms with Gasteiger partial charge in [-0.15, -0.1) is 5.10 Å². The molecule has 3 rings (SSSR count). The largest absolute Gasteiger partial charge is 0.478 e. The van der Waals surface area contributed by atoms with Gasteiger partial charge in [0.2, 0.25) is 5.88 Å². The first-order valence-electron chi connectivity index (χ1n) is 8.64. The Morgan fingerprint density at radius 1 is 1.19 bits per heavy atom. The molecule has 2 heterocycles. The number of amides is 2. The first-order chi connectivity index (χ1) is 13.0. The molecule has 0 saturated carbocycles. The Hall–Kier alpha value is -3.42. The van der Waals surface area contributed by atoms with Crippen LogP contribution >= 0.6 is 0 Å². The topological polar surface area (TPSA) is 94.0 Å². The zero-order valence-electron chi connectivity index (χ0n) is 15.5. The highest BCUT2D eigenvalue weighted by molar-refractivity contribution is 5.89. The van der Waals surface area contributed by atoms with Crippen LogP contribution in [0.1, 0.15) is 26.5 Å². The van der Waals surface area contributed by atoms with Crippen molar-refractivity contribution in [1.82, 2.24) is 25.3 Å². The molecule has 0 fully saturated rings. The Morgan fingerprint density at radius 2 is 1.96 bits per heavy atom. The molecule has 0 radical (unpaired) electrons. The van der Waals surface area contributed by atoms with Crippen molar-refractivity contribution in [1.29, 1.82) is 0 Å². The number of carbonyl (C=O) groups excluding carboxylic acids is 1. The molecule has 1 aromatic carbocycles. The van der Waals surface area contributed by atoms with Gasteiger partial charge in [0.15, 0.2) is 0 Å². The van der Waals surface area contributed by atoms with Crippen LogP contribution in [0, 0.1) is 0 Å². The predicted octanol–water partition coefficient (Wildman–Crippen LogP) is 3.12. The second-order valence-corrected chi connectivity index (χ2v) is 6.41. The number of ether oxygens (including phenoxy) is 1. The monoisotopic (exact) mass is 366 g/mol. The summed E-state index contributed by atoms with van der Waals surface area (Å²) in [4.78, 5) is 16.5. The molecule has 0 aliphatic carbocycles. The highest BCUT2D eigenvalue weighted by Crippen LogP contribution is 2.19. The standard InChI is InChI=1S/C19H22N6O2/c1-4-27-17-11-10-14(12-20-17)21-18(26)22-19(2,3)16-13-25(24-23-16)15-8-6-5-7-9-15/h5-13H,4H2,1-3H3,(H2,21,22,26). The first-order valence-corrected chi connectivity index (χ1v) is 8.64. The van der Waals surface area contributed by atoms with E-state index in [0.717, 1.165) is 5.69 Å². The van der Waals surface area contributed by atoms with Crippen LogP contribution in [0.15, 0.2) is 54.9 Å². The van der Waals surface area contributed by atoms with Gasteiger partial charge in [0, 0.05) is 6.07 Å². The zero-order valence-corrected chi connectivity index (χ0v) is 15.5. The van der Waals surface area contributed by atoms with Crippen LogP contribution in [0.25, 0.3) is 5.69 Å². The Kier molecular flexibility index (Phi) is 5.35. The molecule has 2 amide bonds. The predicted molar refractivity (Wildman–Crippen MR) is 102 cm³/mol. The van der Waals surface area contributed by atoms with Crippen LogP contribution in [0.5, 0.6) is 5.88 Å². The van der Waals surface area contributed by atoms with E-state index in [-0.39, 0.29) is 6.03 Å². The van der Waals surface area contributed by atoms with Crippen LogP contribution in [0.4, 0.5) is 10.5 Å². The van der Waals surface area contributed by atoms with Gasteiger partial charge in [-0.1, -0.05) is 23.4 Å². The first kappa shape index (κ1) is 18.4. The number of para-hydroxylation sites is 1. The second-order valence-electron chi connectivity index (χ2n) is 6.41. The molecule has 8 nitrogen and oxygen atoms in total. The van der Waals surface area contributed by atoms with E-state index in [0.29, 0.717) is 23.9 Å². The summed E-state index contributed by atoms with van der Waals surface area (Å²) in [6, 6.07) is 12.7. The Bertz CT molecular complexity index is 890. The number of anilines is 1. The fraction of sp³-hybridized carbons (Fsp3) is 0.263. The van der Waals surface area contributed by atoms with E-state index in [1.54, 1.807) is 29.2 Å². The molecule has 2 aromatic heterocycles. The van der Waals surface area contributed by atoms with Gasteiger partial charge in [-0.05, 0) is 39.0 Å². The minimum Gasteiger partial charge on any atom is -0.478 e. The van der Waals surface area contributed by atoms with Gasteiger partial charge >= 0.3 is 6.03 Å². The fourth-order valence-electron chi connectivity index (χ4n) is 2.45. The summed E-state index contributed by atoms with van der Waals surface area (Å²) in [5.41, 5.74) is 1.40. The molecule has 0 unspecified atom stereocenters. The van der Waals surface area contributed by atoms with E-state index in [1.807, 2.05) is 51.1 Å². The van der Waals surface area contributed by atoms with Gasteiger partial charge in [0.1, 0.15) is 5.69 Å². The van der Waals surface area contributed by atoms with Gasteiger partial charge in [0.25, 0.3) is 0 Å². The van der Waals surface area contributed by atoms with E-state index in [4.69, 9.17) is 4.74 Å². The number of aromatic nitrogens is 4. The summed E-state index contributed by atoms with van der Waals surface area (Å²) in [5, 5.41) is 14.0. The summed E-state index contributed by atoms with van der Waals surface area (Å²) in [6.07, 6.45) is 3.34. The van der Waals surface area contributed by atoms with Crippen molar-refractivity contribution in [2.24, 2.45) is 0 Å². The van der Waals surface area contributed by atoms with E-state index in [2.05, 4.69) is 25.9 Å². The SMILES string of the molecule is CCOc1ccc(NC(=O)NC(C)(C)c2cn(-c3ccccc3)nn2)cn1. The Balaban J connectivity index is 1.65. The lowest BCUT2D eigenvalue weighted by Gasteiger charge is -2.23. The van der Waals surface area contributed by atoms with Crippen LogP contribution in [0.2, 0.25) is 0 Å². The average Bonchev–Trinajstić information content (AvgIpc) is 3.15. The van der Waals surface area contributed by atoms with Crippen LogP contribution in [0.3, 0.4) is 0 Å². The molecule has 0 atom stereocenters. The third-order valence-corrected chi connectivity index (χ3v) is 3.87. The molecule has 0 aliphatic heterocycles. The normalized spacial score (nSPS) is 11.1. The van der Waals surface area contributed by atoms with Crippen molar-refractivity contribution in [3.05, 3.63) is 60.6 Å². The molecule has 0 spiro atoms. The maximum absolute atomic E-state index is 12.4. The lowest BCUT2D eigenvalue weighted by atomic mass is 10.0. The second kappa shape index (κ2) is 7.86. The Morgan fingerprint density at radius 3 is 2.63 bits per heavy atom. The van der Waals surface area contributed by atoms with Crippen LogP contribution in [-0.4, -0.2) is 32.6 Å². The Labute approximate surface area is 157 Å². The molecule has 0 aliphatic rings. The summed E-state index contributed by atoms with van der Waals surface area (Å²) in [6.45, 7) is 6.15. The third kappa shape index (κ3) is 4.60. The maximum atomic E-state index is 12.4. The highest BCUT2D eigenvalue weighted by Gasteiger charge is 2.26. The summed E-state index contributed by atoms with van der Waals surface area (Å²) < 4.78 is 6.96. The smallest absolute Gasteiger partial charge is 0.320 e. The van der Waals surface area contributed by atoms with E-state index < -0.39 is 5.54 Å². The minimum atomic E-state index is -0.712. The van der Waals surface area contributed by atoms with Crippen LogP contribution in [-0.2, 0) is 5.54 Å². The number of rotatable bonds is 6. The van der Waals surface area contributed by atoms with Gasteiger partial charge in [-0.3, -0.25) is 0 Å². The number of pyridine rings is 1. The minimum absolute atomic E-state index is 0.361. The number of hydrogen-bond acceptors (Lipinski definition) is 5. The molecular formula is C19H22N6O2. The van der Waals surface area contributed by atoms with E-state index in [1.165, 1.54) is 0 Å². The molecule has 0 bridgehead atoms. The van der Waals surface area contributed by atoms with Gasteiger partial charge < -0.3 is 15.4 Å². The fourth-order valence-corrected chi connectivity index (χ4v) is 2.45. The van der Waals surface area contributed by atoms with Crippen molar-refractivity contribution in [2.75, 3.05) is 11.9 Å². The van der Waals surface area contributed by atoms with Gasteiger partial charge in [0.05, 0.1) is 35.9 Å². The number of nitrogens with zero attached hydrogens (tertiary/aromatic N) is 4. The molecule has 140 valence electrons. The molecule has 0 saturated heterocycles. The molecule has 2 N–H and O–H groups in total. The van der Waals surface area contributed by atoms with Crippen molar-refractivity contribution in [3.63, 3.8) is 0 Å². The average molecular weight is 366 g/mol. The summed E-state index contributed by atoms with van der Waals surface area (Å²) in [7, 11) is 0. The highest BCUT2D eigenvalue weighted by atomic mass is 16.5. The summed E-state index contributed by atoms with van der Waals surface area (Å²) in [5.74, 6) is 0.515. The molecule has 3 aromatic rings. The number of hydrogen-bond donors (Lipinski definition) is 2. The lowest BCUT2D eigenvalue weighted by Crippen LogP contribution is -2.43. The number of nitrogens with one attached hydrogen (secondary N) is 2. The maximum Gasteiger partial charge on any atom is 0.320 e. The van der Waals surface area contributed by atoms with Crippen molar-refractivity contribution in [3.8, 4) is 11.6 Å². The van der Waals surface area contributed by atoms with Crippen LogP contribution < -0.4 is 15.4 Å². The number of urea groups is 1. The van der Waals surface area contributed by atoms with Gasteiger partial charge in [-0.2, -0.15) is 0 Å².